The quantitative estimate of drug-likeness (QED) is 0.145. The Hall–Kier alpha value is -5.12. The SMILES string of the molecule is COC(=O)C1C(C)=NC(C)=C(C(=O)OCC=CC=Cc2ccc(Cn3ccnc3)cc2)C1c1cccc([N+](=O)[O-])c1. The number of nitrogens with zero attached hydrogens (tertiary/aromatic N) is 4. The minimum Gasteiger partial charge on any atom is -0.468 e. The molecule has 0 spiro atoms. The summed E-state index contributed by atoms with van der Waals surface area (Å²) in [7, 11) is 1.25. The lowest BCUT2D eigenvalue weighted by Crippen LogP contribution is -2.36. The van der Waals surface area contributed by atoms with Crippen LogP contribution in [0.2, 0.25) is 0 Å². The third-order valence-electron chi connectivity index (χ3n) is 6.69. The number of benzene rings is 2. The molecule has 3 aromatic rings. The largest absolute Gasteiger partial charge is 0.468 e. The third-order valence-corrected chi connectivity index (χ3v) is 6.69. The number of imidazole rings is 1. The van der Waals surface area contributed by atoms with Crippen LogP contribution in [0.4, 0.5) is 5.69 Å². The molecule has 0 saturated carbocycles. The van der Waals surface area contributed by atoms with Crippen molar-refractivity contribution in [3.63, 3.8) is 0 Å². The summed E-state index contributed by atoms with van der Waals surface area (Å²) in [5.41, 5.74) is 3.43. The van der Waals surface area contributed by atoms with E-state index in [-0.39, 0.29) is 17.9 Å². The van der Waals surface area contributed by atoms with Crippen molar-refractivity contribution < 1.29 is 24.0 Å². The van der Waals surface area contributed by atoms with E-state index >= 15 is 0 Å². The van der Waals surface area contributed by atoms with E-state index in [4.69, 9.17) is 9.47 Å². The number of allylic oxidation sites excluding steroid dienone is 3. The first-order chi connectivity index (χ1) is 19.8. The van der Waals surface area contributed by atoms with E-state index in [2.05, 4.69) is 22.1 Å². The summed E-state index contributed by atoms with van der Waals surface area (Å²) in [6.45, 7) is 4.05. The van der Waals surface area contributed by atoms with E-state index < -0.39 is 28.7 Å². The molecule has 0 saturated heterocycles. The number of esters is 2. The van der Waals surface area contributed by atoms with Crippen LogP contribution in [-0.4, -0.2) is 45.8 Å². The van der Waals surface area contributed by atoms with Gasteiger partial charge in [-0.3, -0.25) is 19.9 Å². The van der Waals surface area contributed by atoms with Crippen LogP contribution in [-0.2, 0) is 25.6 Å². The van der Waals surface area contributed by atoms with Crippen LogP contribution in [0.25, 0.3) is 6.08 Å². The molecule has 0 bridgehead atoms. The van der Waals surface area contributed by atoms with Gasteiger partial charge in [-0.15, -0.1) is 0 Å². The number of nitro groups is 1. The lowest BCUT2D eigenvalue weighted by atomic mass is 9.75. The molecular weight excluding hydrogens is 524 g/mol. The zero-order valence-electron chi connectivity index (χ0n) is 23.0. The van der Waals surface area contributed by atoms with Crippen molar-refractivity contribution in [2.24, 2.45) is 10.9 Å². The maximum absolute atomic E-state index is 13.3. The Balaban J connectivity index is 1.44. The molecule has 0 N–H and O–H groups in total. The zero-order valence-corrected chi connectivity index (χ0v) is 23.0. The van der Waals surface area contributed by atoms with E-state index in [0.29, 0.717) is 17.0 Å². The average molecular weight is 555 g/mol. The summed E-state index contributed by atoms with van der Waals surface area (Å²) in [5, 5.41) is 11.4. The minimum atomic E-state index is -0.932. The summed E-state index contributed by atoms with van der Waals surface area (Å²) < 4.78 is 12.5. The number of carbonyl (C=O) groups is 2. The second kappa shape index (κ2) is 13.3. The number of aliphatic imine (C=N–C) groups is 1. The number of carbonyl (C=O) groups excluding carboxylic acids is 2. The van der Waals surface area contributed by atoms with Crippen LogP contribution in [0.5, 0.6) is 0 Å². The van der Waals surface area contributed by atoms with Crippen LogP contribution in [0.15, 0.2) is 102 Å². The monoisotopic (exact) mass is 554 g/mol. The van der Waals surface area contributed by atoms with E-state index in [0.717, 1.165) is 17.7 Å². The molecule has 1 aliphatic rings. The number of hydrogen-bond acceptors (Lipinski definition) is 8. The van der Waals surface area contributed by atoms with Crippen molar-refractivity contribution in [2.45, 2.75) is 26.3 Å². The molecular formula is C31H30N4O6. The van der Waals surface area contributed by atoms with Gasteiger partial charge in [0.05, 0.1) is 23.9 Å². The van der Waals surface area contributed by atoms with Gasteiger partial charge in [0.2, 0.25) is 0 Å². The molecule has 0 radical (unpaired) electrons. The fourth-order valence-corrected chi connectivity index (χ4v) is 4.75. The van der Waals surface area contributed by atoms with Gasteiger partial charge in [0.25, 0.3) is 5.69 Å². The highest BCUT2D eigenvalue weighted by Crippen LogP contribution is 2.40. The molecule has 0 aliphatic carbocycles. The highest BCUT2D eigenvalue weighted by Gasteiger charge is 2.42. The summed E-state index contributed by atoms with van der Waals surface area (Å²) in [4.78, 5) is 45.4. The number of hydrogen-bond donors (Lipinski definition) is 0. The van der Waals surface area contributed by atoms with Crippen LogP contribution < -0.4 is 0 Å². The highest BCUT2D eigenvalue weighted by atomic mass is 16.6. The van der Waals surface area contributed by atoms with Gasteiger partial charge in [0, 0.05) is 48.4 Å². The van der Waals surface area contributed by atoms with Crippen molar-refractivity contribution in [1.29, 1.82) is 0 Å². The van der Waals surface area contributed by atoms with E-state index in [1.165, 1.54) is 25.3 Å². The second-order valence-corrected chi connectivity index (χ2v) is 9.45. The van der Waals surface area contributed by atoms with Crippen molar-refractivity contribution in [1.82, 2.24) is 9.55 Å². The Morgan fingerprint density at radius 2 is 1.90 bits per heavy atom. The van der Waals surface area contributed by atoms with Crippen molar-refractivity contribution in [3.05, 3.63) is 124 Å². The van der Waals surface area contributed by atoms with Gasteiger partial charge in [-0.1, -0.05) is 54.6 Å². The zero-order chi connectivity index (χ0) is 29.4. The first-order valence-electron chi connectivity index (χ1n) is 12.9. The Kier molecular flexibility index (Phi) is 9.36. The van der Waals surface area contributed by atoms with Crippen molar-refractivity contribution in [2.75, 3.05) is 13.7 Å². The smallest absolute Gasteiger partial charge is 0.336 e. The number of rotatable bonds is 10. The number of ether oxygens (including phenoxy) is 2. The fraction of sp³-hybridized carbons (Fsp3) is 0.226. The Morgan fingerprint density at radius 3 is 2.59 bits per heavy atom. The summed E-state index contributed by atoms with van der Waals surface area (Å²) in [5.74, 6) is -3.04. The number of aromatic nitrogens is 2. The predicted octanol–water partition coefficient (Wildman–Crippen LogP) is 5.27. The second-order valence-electron chi connectivity index (χ2n) is 9.45. The van der Waals surface area contributed by atoms with Crippen molar-refractivity contribution in [3.8, 4) is 0 Å². The lowest BCUT2D eigenvalue weighted by Gasteiger charge is -2.31. The van der Waals surface area contributed by atoms with Crippen molar-refractivity contribution >= 4 is 29.4 Å². The van der Waals surface area contributed by atoms with Gasteiger partial charge < -0.3 is 14.0 Å². The molecule has 2 heterocycles. The van der Waals surface area contributed by atoms with Gasteiger partial charge in [0.15, 0.2) is 0 Å². The molecule has 2 aromatic carbocycles. The molecule has 4 rings (SSSR count). The maximum Gasteiger partial charge on any atom is 0.336 e. The molecule has 0 amide bonds. The Labute approximate surface area is 237 Å². The molecule has 0 fully saturated rings. The van der Waals surface area contributed by atoms with E-state index in [1.54, 1.807) is 44.6 Å². The van der Waals surface area contributed by atoms with E-state index in [9.17, 15) is 19.7 Å². The average Bonchev–Trinajstić information content (AvgIpc) is 3.48. The Bertz CT molecular complexity index is 1530. The van der Waals surface area contributed by atoms with Crippen LogP contribution in [0, 0.1) is 16.0 Å². The summed E-state index contributed by atoms with van der Waals surface area (Å²) in [6, 6.07) is 14.0. The van der Waals surface area contributed by atoms with Crippen LogP contribution >= 0.6 is 0 Å². The summed E-state index contributed by atoms with van der Waals surface area (Å²) in [6.07, 6.45) is 12.7. The minimum absolute atomic E-state index is 0.0168. The standard InChI is InChI=1S/C31H30N4O6/c1-21-27(30(36)40-3)29(25-9-7-10-26(18-25)35(38)39)28(22(2)33-21)31(37)41-17-6-4-5-8-23-11-13-24(14-12-23)19-34-16-15-32-20-34/h4-16,18,20,27,29H,17,19H2,1-3H3. The molecule has 1 aromatic heterocycles. The number of non-ortho nitro benzene ring substituents is 1. The topological polar surface area (TPSA) is 126 Å². The molecule has 10 nitrogen and oxygen atoms in total. The van der Waals surface area contributed by atoms with Crippen LogP contribution in [0.3, 0.4) is 0 Å². The normalized spacial score (nSPS) is 17.1. The van der Waals surface area contributed by atoms with Gasteiger partial charge in [-0.2, -0.15) is 0 Å². The fourth-order valence-electron chi connectivity index (χ4n) is 4.75. The highest BCUT2D eigenvalue weighted by molar-refractivity contribution is 6.07. The predicted molar refractivity (Wildman–Crippen MR) is 154 cm³/mol. The first-order valence-corrected chi connectivity index (χ1v) is 12.9. The molecule has 210 valence electrons. The molecule has 2 atom stereocenters. The number of nitro benzene ring substituents is 1. The van der Waals surface area contributed by atoms with E-state index in [1.807, 2.05) is 35.0 Å². The Morgan fingerprint density at radius 1 is 1.12 bits per heavy atom. The molecule has 1 aliphatic heterocycles. The van der Waals surface area contributed by atoms with Gasteiger partial charge in [0.1, 0.15) is 12.5 Å². The number of methoxy groups -OCH3 is 1. The van der Waals surface area contributed by atoms with Crippen LogP contribution in [0.1, 0.15) is 36.5 Å². The molecule has 10 heteroatoms. The lowest BCUT2D eigenvalue weighted by molar-refractivity contribution is -0.384. The molecule has 2 unspecified atom stereocenters. The van der Waals surface area contributed by atoms with Gasteiger partial charge >= 0.3 is 11.9 Å². The molecule has 41 heavy (non-hydrogen) atoms. The first kappa shape index (κ1) is 28.9. The maximum atomic E-state index is 13.3. The van der Waals surface area contributed by atoms with Gasteiger partial charge in [-0.05, 0) is 36.6 Å². The summed E-state index contributed by atoms with van der Waals surface area (Å²) >= 11 is 0. The third kappa shape index (κ3) is 7.10. The van der Waals surface area contributed by atoms with Gasteiger partial charge in [-0.25, -0.2) is 9.78 Å².